The summed E-state index contributed by atoms with van der Waals surface area (Å²) in [5.74, 6) is 0.296. The maximum atomic E-state index is 12.8. The van der Waals surface area contributed by atoms with Crippen LogP contribution in [0.3, 0.4) is 0 Å². The van der Waals surface area contributed by atoms with Crippen LogP contribution in [0.5, 0.6) is 0 Å². The molecule has 0 aliphatic carbocycles. The quantitative estimate of drug-likeness (QED) is 0.663. The first-order chi connectivity index (χ1) is 12.3. The molecule has 2 rings (SSSR count). The first-order valence-electron chi connectivity index (χ1n) is 9.93. The fourth-order valence-corrected chi connectivity index (χ4v) is 4.00. The molecule has 4 heteroatoms. The molecule has 0 saturated carbocycles. The lowest BCUT2D eigenvalue weighted by atomic mass is 9.80. The molecule has 146 valence electrons. The Balaban J connectivity index is 1.87. The van der Waals surface area contributed by atoms with Gasteiger partial charge in [0.2, 0.25) is 5.91 Å². The molecule has 1 aliphatic heterocycles. The van der Waals surface area contributed by atoms with Gasteiger partial charge in [0, 0.05) is 51.9 Å². The second-order valence-corrected chi connectivity index (χ2v) is 8.33. The van der Waals surface area contributed by atoms with Crippen molar-refractivity contribution in [2.24, 2.45) is 0 Å². The van der Waals surface area contributed by atoms with Crippen molar-refractivity contribution in [1.29, 1.82) is 0 Å². The molecular weight excluding hydrogens is 324 g/mol. The van der Waals surface area contributed by atoms with Crippen molar-refractivity contribution in [1.82, 2.24) is 9.80 Å². The summed E-state index contributed by atoms with van der Waals surface area (Å²) in [6.07, 6.45) is 2.54. The molecule has 26 heavy (non-hydrogen) atoms. The zero-order valence-corrected chi connectivity index (χ0v) is 17.2. The van der Waals surface area contributed by atoms with Crippen LogP contribution in [0.4, 0.5) is 0 Å². The van der Waals surface area contributed by atoms with Gasteiger partial charge in [-0.15, -0.1) is 0 Å². The molecule has 1 aromatic carbocycles. The highest BCUT2D eigenvalue weighted by Gasteiger charge is 2.32. The van der Waals surface area contributed by atoms with Crippen LogP contribution in [-0.2, 0) is 14.9 Å². The highest BCUT2D eigenvalue weighted by Crippen LogP contribution is 2.29. The third-order valence-electron chi connectivity index (χ3n) is 5.74. The normalized spacial score (nSPS) is 21.8. The summed E-state index contributed by atoms with van der Waals surface area (Å²) < 4.78 is 5.17. The van der Waals surface area contributed by atoms with Crippen LogP contribution in [-0.4, -0.2) is 61.1 Å². The van der Waals surface area contributed by atoms with Gasteiger partial charge in [-0.3, -0.25) is 9.69 Å². The molecule has 0 N–H and O–H groups in total. The summed E-state index contributed by atoms with van der Waals surface area (Å²) in [5, 5.41) is 0. The third-order valence-corrected chi connectivity index (χ3v) is 5.74. The van der Waals surface area contributed by atoms with E-state index in [1.165, 1.54) is 5.56 Å². The molecule has 1 aromatic rings. The van der Waals surface area contributed by atoms with E-state index in [2.05, 4.69) is 61.8 Å². The Bertz CT molecular complexity index is 547. The number of piperazine rings is 1. The second kappa shape index (κ2) is 9.52. The highest BCUT2D eigenvalue weighted by molar-refractivity contribution is 5.76. The molecule has 0 aromatic heterocycles. The number of carbonyl (C=O) groups is 1. The Morgan fingerprint density at radius 2 is 1.77 bits per heavy atom. The summed E-state index contributed by atoms with van der Waals surface area (Å²) in [4.78, 5) is 17.4. The summed E-state index contributed by atoms with van der Waals surface area (Å²) in [7, 11) is 1.75. The van der Waals surface area contributed by atoms with Crippen LogP contribution < -0.4 is 0 Å². The average Bonchev–Trinajstić information content (AvgIpc) is 2.62. The number of ether oxygens (including phenoxy) is 1. The average molecular weight is 361 g/mol. The number of amides is 1. The smallest absolute Gasteiger partial charge is 0.222 e. The van der Waals surface area contributed by atoms with Crippen LogP contribution in [0.15, 0.2) is 30.3 Å². The van der Waals surface area contributed by atoms with Gasteiger partial charge in [0.25, 0.3) is 0 Å². The predicted molar refractivity (Wildman–Crippen MR) is 107 cm³/mol. The Morgan fingerprint density at radius 3 is 2.35 bits per heavy atom. The summed E-state index contributed by atoms with van der Waals surface area (Å²) >= 11 is 0. The SMILES string of the molecule is COCCCN1C(C)CN(C(=O)CCC(C)(C)c2ccccc2)CC1C. The van der Waals surface area contributed by atoms with Gasteiger partial charge in [0.05, 0.1) is 0 Å². The minimum Gasteiger partial charge on any atom is -0.385 e. The minimum atomic E-state index is 0.0239. The van der Waals surface area contributed by atoms with Gasteiger partial charge in [-0.25, -0.2) is 0 Å². The fraction of sp³-hybridized carbons (Fsp3) is 0.682. The van der Waals surface area contributed by atoms with Crippen LogP contribution in [0, 0.1) is 0 Å². The van der Waals surface area contributed by atoms with E-state index in [1.54, 1.807) is 7.11 Å². The van der Waals surface area contributed by atoms with Gasteiger partial charge in [-0.05, 0) is 37.7 Å². The van der Waals surface area contributed by atoms with Crippen LogP contribution in [0.25, 0.3) is 0 Å². The van der Waals surface area contributed by atoms with E-state index in [1.807, 2.05) is 6.07 Å². The number of benzene rings is 1. The Hall–Kier alpha value is -1.39. The lowest BCUT2D eigenvalue weighted by molar-refractivity contribution is -0.136. The molecule has 1 heterocycles. The zero-order valence-electron chi connectivity index (χ0n) is 17.2. The monoisotopic (exact) mass is 360 g/mol. The second-order valence-electron chi connectivity index (χ2n) is 8.33. The van der Waals surface area contributed by atoms with E-state index in [0.717, 1.165) is 39.1 Å². The molecule has 0 radical (unpaired) electrons. The van der Waals surface area contributed by atoms with Gasteiger partial charge in [-0.2, -0.15) is 0 Å². The van der Waals surface area contributed by atoms with Crippen molar-refractivity contribution >= 4 is 5.91 Å². The van der Waals surface area contributed by atoms with E-state index in [9.17, 15) is 4.79 Å². The molecule has 1 amide bonds. The van der Waals surface area contributed by atoms with Crippen molar-refractivity contribution < 1.29 is 9.53 Å². The number of rotatable bonds is 8. The summed E-state index contributed by atoms with van der Waals surface area (Å²) in [5.41, 5.74) is 1.33. The molecular formula is C22H36N2O2. The number of carbonyl (C=O) groups excluding carboxylic acids is 1. The van der Waals surface area contributed by atoms with E-state index in [0.29, 0.717) is 24.4 Å². The van der Waals surface area contributed by atoms with E-state index < -0.39 is 0 Å². The van der Waals surface area contributed by atoms with Gasteiger partial charge in [0.1, 0.15) is 0 Å². The van der Waals surface area contributed by atoms with E-state index in [-0.39, 0.29) is 5.41 Å². The van der Waals surface area contributed by atoms with Crippen molar-refractivity contribution in [3.63, 3.8) is 0 Å². The predicted octanol–water partition coefficient (Wildman–Crippen LogP) is 3.70. The number of methoxy groups -OCH3 is 1. The van der Waals surface area contributed by atoms with Gasteiger partial charge < -0.3 is 9.64 Å². The van der Waals surface area contributed by atoms with Gasteiger partial charge in [-0.1, -0.05) is 44.2 Å². The van der Waals surface area contributed by atoms with Gasteiger partial charge >= 0.3 is 0 Å². The van der Waals surface area contributed by atoms with Crippen molar-refractivity contribution in [3.05, 3.63) is 35.9 Å². The first kappa shape index (κ1) is 20.9. The number of hydrogen-bond donors (Lipinski definition) is 0. The van der Waals surface area contributed by atoms with Crippen LogP contribution in [0.2, 0.25) is 0 Å². The zero-order chi connectivity index (χ0) is 19.2. The Morgan fingerprint density at radius 1 is 1.15 bits per heavy atom. The topological polar surface area (TPSA) is 32.8 Å². The fourth-order valence-electron chi connectivity index (χ4n) is 4.00. The largest absolute Gasteiger partial charge is 0.385 e. The molecule has 4 nitrogen and oxygen atoms in total. The molecule has 1 saturated heterocycles. The molecule has 1 aliphatic rings. The van der Waals surface area contributed by atoms with E-state index in [4.69, 9.17) is 4.74 Å². The maximum Gasteiger partial charge on any atom is 0.222 e. The van der Waals surface area contributed by atoms with Crippen molar-refractivity contribution in [3.8, 4) is 0 Å². The Labute approximate surface area is 159 Å². The number of hydrogen-bond acceptors (Lipinski definition) is 3. The molecule has 2 atom stereocenters. The summed E-state index contributed by atoms with van der Waals surface area (Å²) in [6.45, 7) is 12.4. The van der Waals surface area contributed by atoms with Crippen LogP contribution in [0.1, 0.15) is 52.5 Å². The molecule has 0 spiro atoms. The van der Waals surface area contributed by atoms with Crippen molar-refractivity contribution in [2.45, 2.75) is 64.5 Å². The highest BCUT2D eigenvalue weighted by atomic mass is 16.5. The number of nitrogens with zero attached hydrogens (tertiary/aromatic N) is 2. The minimum absolute atomic E-state index is 0.0239. The molecule has 0 bridgehead atoms. The molecule has 2 unspecified atom stereocenters. The lowest BCUT2D eigenvalue weighted by Gasteiger charge is -2.44. The summed E-state index contributed by atoms with van der Waals surface area (Å²) in [6, 6.07) is 11.3. The van der Waals surface area contributed by atoms with Gasteiger partial charge in [0.15, 0.2) is 0 Å². The Kier molecular flexibility index (Phi) is 7.66. The van der Waals surface area contributed by atoms with E-state index >= 15 is 0 Å². The maximum absolute atomic E-state index is 12.8. The lowest BCUT2D eigenvalue weighted by Crippen LogP contribution is -2.58. The first-order valence-corrected chi connectivity index (χ1v) is 9.93. The van der Waals surface area contributed by atoms with Crippen LogP contribution >= 0.6 is 0 Å². The standard InChI is InChI=1S/C22H36N2O2/c1-18-16-23(17-19(2)24(18)14-9-15-26-5)21(25)12-13-22(3,4)20-10-7-6-8-11-20/h6-8,10-11,18-19H,9,12-17H2,1-5H3. The van der Waals surface area contributed by atoms with Crippen molar-refractivity contribution in [2.75, 3.05) is 33.4 Å². The molecule has 1 fully saturated rings. The third kappa shape index (κ3) is 5.55.